The Morgan fingerprint density at radius 2 is 1.49 bits per heavy atom. The third-order valence-corrected chi connectivity index (χ3v) is 8.86. The molecule has 0 aliphatic heterocycles. The van der Waals surface area contributed by atoms with Gasteiger partial charge in [0.1, 0.15) is 12.6 Å². The molecule has 0 radical (unpaired) electrons. The lowest BCUT2D eigenvalue weighted by atomic mass is 10.0. The minimum Gasteiger partial charge on any atom is -0.350 e. The van der Waals surface area contributed by atoms with Crippen LogP contribution in [0.15, 0.2) is 77.7 Å². The van der Waals surface area contributed by atoms with E-state index < -0.39 is 34.1 Å². The number of anilines is 1. The fourth-order valence-corrected chi connectivity index (χ4v) is 5.87. The summed E-state index contributed by atoms with van der Waals surface area (Å²) < 4.78 is 29.1. The Hall–Kier alpha value is -3.36. The molecule has 9 heteroatoms. The highest BCUT2D eigenvalue weighted by molar-refractivity contribution is 7.92. The number of carbonyl (C=O) groups is 2. The third-order valence-electron chi connectivity index (χ3n) is 6.70. The van der Waals surface area contributed by atoms with Crippen molar-refractivity contribution >= 4 is 39.1 Å². The summed E-state index contributed by atoms with van der Waals surface area (Å²) in [6.45, 7) is 12.7. The Labute approximate surface area is 249 Å². The Morgan fingerprint density at radius 1 is 0.902 bits per heavy atom. The zero-order chi connectivity index (χ0) is 30.5. The number of sulfonamides is 1. The molecule has 1 atom stereocenters. The van der Waals surface area contributed by atoms with Gasteiger partial charge in [0.25, 0.3) is 10.0 Å². The number of carbonyl (C=O) groups excluding carboxylic acids is 2. The molecule has 0 saturated heterocycles. The van der Waals surface area contributed by atoms with Crippen LogP contribution in [0.1, 0.15) is 64.2 Å². The number of amides is 2. The normalized spacial score (nSPS) is 12.6. The number of rotatable bonds is 10. The SMILES string of the molecule is Cc1ccc(S(=O)(=O)N(CC(=O)N(Cc2ccccc2Cl)[C@@H](C)C(=O)NC(C)(C)C)c2ccc(C(C)C)cc2)cc1. The molecule has 0 heterocycles. The summed E-state index contributed by atoms with van der Waals surface area (Å²) in [5.41, 5.74) is 2.43. The predicted molar refractivity (Wildman–Crippen MR) is 166 cm³/mol. The standard InChI is InChI=1S/C32H40ClN3O4S/c1-22(2)25-14-16-27(17-15-25)36(41(39,40)28-18-12-23(3)13-19-28)21-30(37)35(20-26-10-8-9-11-29(26)33)24(4)31(38)34-32(5,6)7/h8-19,22,24H,20-21H2,1-7H3,(H,34,38)/t24-/m0/s1. The van der Waals surface area contributed by atoms with Crippen LogP contribution in [0.5, 0.6) is 0 Å². The van der Waals surface area contributed by atoms with Gasteiger partial charge in [-0.3, -0.25) is 13.9 Å². The summed E-state index contributed by atoms with van der Waals surface area (Å²) in [5, 5.41) is 3.37. The van der Waals surface area contributed by atoms with Crippen molar-refractivity contribution < 1.29 is 18.0 Å². The maximum absolute atomic E-state index is 14.1. The van der Waals surface area contributed by atoms with Crippen molar-refractivity contribution in [1.29, 1.82) is 0 Å². The Morgan fingerprint density at radius 3 is 2.02 bits per heavy atom. The summed E-state index contributed by atoms with van der Waals surface area (Å²) in [4.78, 5) is 28.7. The van der Waals surface area contributed by atoms with Crippen molar-refractivity contribution in [3.05, 3.63) is 94.5 Å². The smallest absolute Gasteiger partial charge is 0.264 e. The highest BCUT2D eigenvalue weighted by Gasteiger charge is 2.33. The zero-order valence-corrected chi connectivity index (χ0v) is 26.4. The first-order chi connectivity index (χ1) is 19.1. The minimum absolute atomic E-state index is 0.0297. The molecular formula is C32H40ClN3O4S. The van der Waals surface area contributed by atoms with Crippen LogP contribution in [-0.4, -0.2) is 43.3 Å². The summed E-state index contributed by atoms with van der Waals surface area (Å²) in [5.74, 6) is -0.640. The number of nitrogens with zero attached hydrogens (tertiary/aromatic N) is 2. The van der Waals surface area contributed by atoms with E-state index in [9.17, 15) is 18.0 Å². The van der Waals surface area contributed by atoms with Gasteiger partial charge in [0.15, 0.2) is 0 Å². The highest BCUT2D eigenvalue weighted by Crippen LogP contribution is 2.27. The largest absolute Gasteiger partial charge is 0.350 e. The molecule has 1 N–H and O–H groups in total. The molecule has 0 aliphatic rings. The van der Waals surface area contributed by atoms with Crippen molar-refractivity contribution in [3.63, 3.8) is 0 Å². The first kappa shape index (κ1) is 32.2. The van der Waals surface area contributed by atoms with Crippen molar-refractivity contribution in [1.82, 2.24) is 10.2 Å². The summed E-state index contributed by atoms with van der Waals surface area (Å²) in [7, 11) is -4.13. The van der Waals surface area contributed by atoms with E-state index >= 15 is 0 Å². The Balaban J connectivity index is 2.06. The van der Waals surface area contributed by atoms with Gasteiger partial charge in [-0.25, -0.2) is 8.42 Å². The zero-order valence-electron chi connectivity index (χ0n) is 24.8. The molecular weight excluding hydrogens is 558 g/mol. The molecule has 3 aromatic carbocycles. The lowest BCUT2D eigenvalue weighted by Gasteiger charge is -2.33. The number of hydrogen-bond acceptors (Lipinski definition) is 4. The molecule has 3 aromatic rings. The van der Waals surface area contributed by atoms with Crippen LogP contribution in [0.25, 0.3) is 0 Å². The summed E-state index contributed by atoms with van der Waals surface area (Å²) >= 11 is 6.43. The maximum Gasteiger partial charge on any atom is 0.264 e. The van der Waals surface area contributed by atoms with Crippen molar-refractivity contribution in [2.75, 3.05) is 10.8 Å². The van der Waals surface area contributed by atoms with E-state index in [1.54, 1.807) is 55.5 Å². The van der Waals surface area contributed by atoms with Crippen LogP contribution in [-0.2, 0) is 26.2 Å². The van der Waals surface area contributed by atoms with Gasteiger partial charge in [-0.2, -0.15) is 0 Å². The van der Waals surface area contributed by atoms with Crippen LogP contribution in [0.2, 0.25) is 5.02 Å². The van der Waals surface area contributed by atoms with Crippen LogP contribution >= 0.6 is 11.6 Å². The Kier molecular flexibility index (Phi) is 10.3. The van der Waals surface area contributed by atoms with Gasteiger partial charge in [-0.1, -0.05) is 73.5 Å². The van der Waals surface area contributed by atoms with E-state index in [-0.39, 0.29) is 23.3 Å². The lowest BCUT2D eigenvalue weighted by molar-refractivity contribution is -0.140. The third kappa shape index (κ3) is 8.33. The van der Waals surface area contributed by atoms with Gasteiger partial charge in [-0.05, 0) is 82.0 Å². The van der Waals surface area contributed by atoms with Crippen molar-refractivity contribution in [2.45, 2.75) is 77.4 Å². The monoisotopic (exact) mass is 597 g/mol. The van der Waals surface area contributed by atoms with E-state index in [0.717, 1.165) is 15.4 Å². The fraction of sp³-hybridized carbons (Fsp3) is 0.375. The Bertz CT molecular complexity index is 1460. The average Bonchev–Trinajstić information content (AvgIpc) is 2.90. The average molecular weight is 598 g/mol. The lowest BCUT2D eigenvalue weighted by Crippen LogP contribution is -2.54. The second-order valence-electron chi connectivity index (χ2n) is 11.6. The van der Waals surface area contributed by atoms with Gasteiger partial charge >= 0.3 is 0 Å². The molecule has 0 aromatic heterocycles. The van der Waals surface area contributed by atoms with Crippen LogP contribution in [0.3, 0.4) is 0 Å². The van der Waals surface area contributed by atoms with Gasteiger partial charge in [0.2, 0.25) is 11.8 Å². The second kappa shape index (κ2) is 13.1. The molecule has 0 saturated carbocycles. The fourth-order valence-electron chi connectivity index (χ4n) is 4.26. The molecule has 7 nitrogen and oxygen atoms in total. The van der Waals surface area contributed by atoms with Gasteiger partial charge < -0.3 is 10.2 Å². The molecule has 220 valence electrons. The van der Waals surface area contributed by atoms with Crippen molar-refractivity contribution in [2.24, 2.45) is 0 Å². The molecule has 0 unspecified atom stereocenters. The van der Waals surface area contributed by atoms with E-state index in [4.69, 9.17) is 11.6 Å². The molecule has 0 fully saturated rings. The number of nitrogens with one attached hydrogen (secondary N) is 1. The topological polar surface area (TPSA) is 86.8 Å². The van der Waals surface area contributed by atoms with Gasteiger partial charge in [0, 0.05) is 17.1 Å². The minimum atomic E-state index is -4.13. The summed E-state index contributed by atoms with van der Waals surface area (Å²) in [6, 6.07) is 19.8. The maximum atomic E-state index is 14.1. The first-order valence-electron chi connectivity index (χ1n) is 13.6. The van der Waals surface area contributed by atoms with Crippen molar-refractivity contribution in [3.8, 4) is 0 Å². The molecule has 0 aliphatic carbocycles. The molecule has 2 amide bonds. The van der Waals surface area contributed by atoms with Crippen LogP contribution in [0, 0.1) is 6.92 Å². The molecule has 3 rings (SSSR count). The number of benzene rings is 3. The second-order valence-corrected chi connectivity index (χ2v) is 13.9. The molecule has 0 spiro atoms. The van der Waals surface area contributed by atoms with Crippen LogP contribution in [0.4, 0.5) is 5.69 Å². The predicted octanol–water partition coefficient (Wildman–Crippen LogP) is 6.30. The van der Waals surface area contributed by atoms with Gasteiger partial charge in [0.05, 0.1) is 10.6 Å². The van der Waals surface area contributed by atoms with Crippen LogP contribution < -0.4 is 9.62 Å². The number of aryl methyl sites for hydroxylation is 1. The number of hydrogen-bond donors (Lipinski definition) is 1. The van der Waals surface area contributed by atoms with E-state index in [2.05, 4.69) is 19.2 Å². The summed E-state index contributed by atoms with van der Waals surface area (Å²) in [6.07, 6.45) is 0. The van der Waals surface area contributed by atoms with E-state index in [1.165, 1.54) is 17.0 Å². The quantitative estimate of drug-likeness (QED) is 0.297. The van der Waals surface area contributed by atoms with Gasteiger partial charge in [-0.15, -0.1) is 0 Å². The molecule has 0 bridgehead atoms. The number of halogens is 1. The van der Waals surface area contributed by atoms with E-state index in [1.807, 2.05) is 39.8 Å². The van der Waals surface area contributed by atoms with E-state index in [0.29, 0.717) is 16.3 Å². The highest BCUT2D eigenvalue weighted by atomic mass is 35.5. The molecule has 41 heavy (non-hydrogen) atoms. The first-order valence-corrected chi connectivity index (χ1v) is 15.5.